The van der Waals surface area contributed by atoms with E-state index >= 15 is 0 Å². The average molecular weight is 504 g/mol. The first-order chi connectivity index (χ1) is 16.7. The Morgan fingerprint density at radius 3 is 2.46 bits per heavy atom. The first-order valence-corrected chi connectivity index (χ1v) is 12.5. The number of anilines is 1. The molecule has 0 aliphatic carbocycles. The third-order valence-electron chi connectivity index (χ3n) is 4.99. The van der Waals surface area contributed by atoms with Crippen LogP contribution in [0.25, 0.3) is 0 Å². The van der Waals surface area contributed by atoms with Gasteiger partial charge < -0.3 is 24.6 Å². The molecule has 0 fully saturated rings. The number of carboxylic acid groups (broad SMARTS) is 1. The van der Waals surface area contributed by atoms with Crippen LogP contribution in [0.3, 0.4) is 0 Å². The summed E-state index contributed by atoms with van der Waals surface area (Å²) in [5, 5.41) is 12.7. The maximum Gasteiger partial charge on any atom is 0.330 e. The fourth-order valence-electron chi connectivity index (χ4n) is 3.27. The van der Waals surface area contributed by atoms with Gasteiger partial charge >= 0.3 is 5.97 Å². The number of halogens is 1. The maximum absolute atomic E-state index is 14.0. The number of carboxylic acids is 1. The summed E-state index contributed by atoms with van der Waals surface area (Å²) >= 11 is 0. The lowest BCUT2D eigenvalue weighted by Gasteiger charge is -2.20. The van der Waals surface area contributed by atoms with Crippen molar-refractivity contribution in [2.45, 2.75) is 17.5 Å². The van der Waals surface area contributed by atoms with Gasteiger partial charge in [-0.1, -0.05) is 30.3 Å². The van der Waals surface area contributed by atoms with Crippen molar-refractivity contribution < 1.29 is 36.9 Å². The van der Waals surface area contributed by atoms with Crippen LogP contribution in [-0.4, -0.2) is 46.1 Å². The van der Waals surface area contributed by atoms with Gasteiger partial charge in [0.2, 0.25) is 0 Å². The molecule has 0 aliphatic rings. The molecule has 0 bridgehead atoms. The van der Waals surface area contributed by atoms with Crippen LogP contribution in [0.1, 0.15) is 17.2 Å². The van der Waals surface area contributed by atoms with Gasteiger partial charge in [0.05, 0.1) is 25.2 Å². The number of rotatable bonds is 12. The summed E-state index contributed by atoms with van der Waals surface area (Å²) in [6.45, 7) is 0.634. The standard InChI is InChI=1S/C25H26FNO7S/c1-32-20-13-19(14-21(15-20)35(2,30)31)27-24(25(28)29)22-9-8-18(26)12-23(22)34-11-10-33-16-17-6-4-3-5-7-17/h3-9,12-15,24,27H,10-11,16H2,1-2H3,(H,28,29). The van der Waals surface area contributed by atoms with Crippen molar-refractivity contribution in [1.82, 2.24) is 0 Å². The highest BCUT2D eigenvalue weighted by Crippen LogP contribution is 2.32. The smallest absolute Gasteiger partial charge is 0.330 e. The van der Waals surface area contributed by atoms with Gasteiger partial charge in [0.1, 0.15) is 23.9 Å². The summed E-state index contributed by atoms with van der Waals surface area (Å²) < 4.78 is 54.4. The van der Waals surface area contributed by atoms with Crippen molar-refractivity contribution in [3.63, 3.8) is 0 Å². The monoisotopic (exact) mass is 503 g/mol. The van der Waals surface area contributed by atoms with Crippen LogP contribution in [0.2, 0.25) is 0 Å². The summed E-state index contributed by atoms with van der Waals surface area (Å²) in [6.07, 6.45) is 1.03. The van der Waals surface area contributed by atoms with Crippen molar-refractivity contribution in [1.29, 1.82) is 0 Å². The number of ether oxygens (including phenoxy) is 3. The van der Waals surface area contributed by atoms with E-state index in [0.717, 1.165) is 24.0 Å². The van der Waals surface area contributed by atoms with Crippen LogP contribution in [0.5, 0.6) is 11.5 Å². The highest BCUT2D eigenvalue weighted by Gasteiger charge is 2.25. The van der Waals surface area contributed by atoms with Crippen molar-refractivity contribution in [3.8, 4) is 11.5 Å². The lowest BCUT2D eigenvalue weighted by atomic mass is 10.0. The van der Waals surface area contributed by atoms with Gasteiger partial charge in [0.25, 0.3) is 0 Å². The Balaban J connectivity index is 1.78. The molecule has 0 aromatic heterocycles. The van der Waals surface area contributed by atoms with Gasteiger partial charge in [0, 0.05) is 29.6 Å². The number of carbonyl (C=O) groups is 1. The summed E-state index contributed by atoms with van der Waals surface area (Å²) in [5.74, 6) is -1.62. The molecule has 0 amide bonds. The Labute approximate surface area is 203 Å². The number of nitrogens with one attached hydrogen (secondary N) is 1. The Morgan fingerprint density at radius 1 is 1.06 bits per heavy atom. The van der Waals surface area contributed by atoms with Crippen LogP contribution in [0, 0.1) is 5.82 Å². The van der Waals surface area contributed by atoms with E-state index in [2.05, 4.69) is 5.32 Å². The van der Waals surface area contributed by atoms with E-state index in [-0.39, 0.29) is 40.9 Å². The van der Waals surface area contributed by atoms with Crippen LogP contribution in [0.15, 0.2) is 71.6 Å². The molecule has 186 valence electrons. The van der Waals surface area contributed by atoms with Crippen LogP contribution < -0.4 is 14.8 Å². The molecule has 0 radical (unpaired) electrons. The largest absolute Gasteiger partial charge is 0.497 e. The predicted octanol–water partition coefficient (Wildman–Crippen LogP) is 4.07. The molecule has 0 heterocycles. The summed E-state index contributed by atoms with van der Waals surface area (Å²) in [7, 11) is -2.22. The molecular formula is C25H26FNO7S. The van der Waals surface area contributed by atoms with Gasteiger partial charge in [-0.25, -0.2) is 17.6 Å². The lowest BCUT2D eigenvalue weighted by molar-refractivity contribution is -0.138. The molecule has 3 aromatic rings. The number of methoxy groups -OCH3 is 1. The molecule has 0 aliphatic heterocycles. The van der Waals surface area contributed by atoms with Gasteiger partial charge in [-0.05, 0) is 29.8 Å². The quantitative estimate of drug-likeness (QED) is 0.356. The molecule has 0 saturated heterocycles. The highest BCUT2D eigenvalue weighted by atomic mass is 32.2. The van der Waals surface area contributed by atoms with Gasteiger partial charge in [0.15, 0.2) is 15.9 Å². The number of sulfone groups is 1. The second-order valence-corrected chi connectivity index (χ2v) is 9.67. The van der Waals surface area contributed by atoms with Crippen LogP contribution in [0.4, 0.5) is 10.1 Å². The number of hydrogen-bond acceptors (Lipinski definition) is 7. The minimum absolute atomic E-state index is 0.0273. The fourth-order valence-corrected chi connectivity index (χ4v) is 3.94. The molecule has 35 heavy (non-hydrogen) atoms. The number of hydrogen-bond donors (Lipinski definition) is 2. The van der Waals surface area contributed by atoms with E-state index in [4.69, 9.17) is 14.2 Å². The Morgan fingerprint density at radius 2 is 1.80 bits per heavy atom. The summed E-state index contributed by atoms with van der Waals surface area (Å²) in [6, 6.07) is 15.8. The Bertz CT molecular complexity index is 1270. The van der Waals surface area contributed by atoms with Crippen LogP contribution >= 0.6 is 0 Å². The zero-order chi connectivity index (χ0) is 25.4. The minimum atomic E-state index is -3.59. The minimum Gasteiger partial charge on any atom is -0.497 e. The van der Waals surface area contributed by atoms with E-state index < -0.39 is 27.7 Å². The normalized spacial score (nSPS) is 12.1. The van der Waals surface area contributed by atoms with E-state index in [1.807, 2.05) is 30.3 Å². The first-order valence-electron chi connectivity index (χ1n) is 10.6. The fraction of sp³-hybridized carbons (Fsp3) is 0.240. The van der Waals surface area contributed by atoms with Gasteiger partial charge in [-0.2, -0.15) is 0 Å². The average Bonchev–Trinajstić information content (AvgIpc) is 2.82. The molecular weight excluding hydrogens is 477 g/mol. The topological polar surface area (TPSA) is 111 Å². The van der Waals surface area contributed by atoms with Gasteiger partial charge in [-0.3, -0.25) is 0 Å². The second-order valence-electron chi connectivity index (χ2n) is 7.65. The van der Waals surface area contributed by atoms with E-state index in [9.17, 15) is 22.7 Å². The lowest BCUT2D eigenvalue weighted by Crippen LogP contribution is -2.22. The van der Waals surface area contributed by atoms with Crippen LogP contribution in [-0.2, 0) is 26.0 Å². The Kier molecular flexibility index (Phi) is 8.67. The maximum atomic E-state index is 14.0. The predicted molar refractivity (Wildman–Crippen MR) is 128 cm³/mol. The SMILES string of the molecule is COc1cc(NC(C(=O)O)c2ccc(F)cc2OCCOCc2ccccc2)cc(S(C)(=O)=O)c1. The van der Waals surface area contributed by atoms with Crippen molar-refractivity contribution in [2.75, 3.05) is 31.9 Å². The van der Waals surface area contributed by atoms with Crippen molar-refractivity contribution >= 4 is 21.5 Å². The third kappa shape index (κ3) is 7.43. The zero-order valence-electron chi connectivity index (χ0n) is 19.2. The number of aliphatic carboxylic acids is 1. The summed E-state index contributed by atoms with van der Waals surface area (Å²) in [5.41, 5.74) is 1.34. The molecule has 3 rings (SSSR count). The van der Waals surface area contributed by atoms with Crippen molar-refractivity contribution in [2.24, 2.45) is 0 Å². The molecule has 3 aromatic carbocycles. The summed E-state index contributed by atoms with van der Waals surface area (Å²) in [4.78, 5) is 12.1. The first kappa shape index (κ1) is 26.0. The molecule has 8 nitrogen and oxygen atoms in total. The Hall–Kier alpha value is -3.63. The molecule has 1 unspecified atom stereocenters. The van der Waals surface area contributed by atoms with Gasteiger partial charge in [-0.15, -0.1) is 0 Å². The van der Waals surface area contributed by atoms with E-state index in [1.165, 1.54) is 31.4 Å². The molecule has 10 heteroatoms. The molecule has 1 atom stereocenters. The highest BCUT2D eigenvalue weighted by molar-refractivity contribution is 7.90. The number of benzene rings is 3. The second kappa shape index (κ2) is 11.7. The van der Waals surface area contributed by atoms with Crippen molar-refractivity contribution in [3.05, 3.63) is 83.7 Å². The zero-order valence-corrected chi connectivity index (χ0v) is 20.0. The van der Waals surface area contributed by atoms with E-state index in [0.29, 0.717) is 6.61 Å². The molecule has 0 saturated carbocycles. The molecule has 0 spiro atoms. The third-order valence-corrected chi connectivity index (χ3v) is 6.08. The molecule has 2 N–H and O–H groups in total. The van der Waals surface area contributed by atoms with E-state index in [1.54, 1.807) is 0 Å².